The van der Waals surface area contributed by atoms with Crippen molar-refractivity contribution < 1.29 is 23.4 Å². The number of alkyl halides is 2. The van der Waals surface area contributed by atoms with Gasteiger partial charge in [-0.15, -0.1) is 0 Å². The van der Waals surface area contributed by atoms with Gasteiger partial charge in [0.25, 0.3) is 0 Å². The highest BCUT2D eigenvalue weighted by Crippen LogP contribution is 2.52. The number of hydrogen-bond donors (Lipinski definition) is 3. The summed E-state index contributed by atoms with van der Waals surface area (Å²) in [7, 11) is -1.89. The van der Waals surface area contributed by atoms with Gasteiger partial charge in [0.05, 0.1) is 0 Å². The number of carbonyl (C=O) groups excluding carboxylic acids is 1. The second kappa shape index (κ2) is 6.00. The monoisotopic (exact) mass is 275 g/mol. The largest absolute Gasteiger partial charge is 0.356 e. The average molecular weight is 275 g/mol. The smallest absolute Gasteiger partial charge is 0.339 e. The van der Waals surface area contributed by atoms with Gasteiger partial charge in [0, 0.05) is 18.7 Å². The Kier molecular flexibility index (Phi) is 4.90. The number of halogens is 2. The highest BCUT2D eigenvalue weighted by molar-refractivity contribution is 7.46. The first kappa shape index (κ1) is 14.7. The molecule has 0 aromatic heterocycles. The van der Waals surface area contributed by atoms with Crippen molar-refractivity contribution in [3.8, 4) is 0 Å². The minimum atomic E-state index is -3.65. The van der Waals surface area contributed by atoms with Crippen LogP contribution in [0.4, 0.5) is 8.78 Å². The van der Waals surface area contributed by atoms with Crippen LogP contribution in [0.2, 0.25) is 0 Å². The lowest BCUT2D eigenvalue weighted by Gasteiger charge is -2.17. The van der Waals surface area contributed by atoms with Crippen molar-refractivity contribution in [2.24, 2.45) is 0 Å². The first-order valence-electron chi connectivity index (χ1n) is 4.94. The number of hydrogen-bond acceptors (Lipinski definition) is 3. The lowest BCUT2D eigenvalue weighted by molar-refractivity contribution is -0.115. The molecule has 0 saturated heterocycles. The highest BCUT2D eigenvalue weighted by atomic mass is 31.2. The van der Waals surface area contributed by atoms with Crippen molar-refractivity contribution in [3.05, 3.63) is 41.5 Å². The van der Waals surface area contributed by atoms with Gasteiger partial charge in [0.2, 0.25) is 14.3 Å². The molecule has 0 spiro atoms. The molecule has 0 aliphatic rings. The second-order valence-electron chi connectivity index (χ2n) is 3.40. The minimum Gasteiger partial charge on any atom is -0.356 e. The normalized spacial score (nSPS) is 12.1. The zero-order chi connectivity index (χ0) is 13.8. The minimum absolute atomic E-state index is 0.307. The Balaban J connectivity index is 2.87. The first-order chi connectivity index (χ1) is 8.37. The average Bonchev–Trinajstić information content (AvgIpc) is 2.36. The summed E-state index contributed by atoms with van der Waals surface area (Å²) in [5, 5.41) is 2.38. The predicted molar refractivity (Wildman–Crippen MR) is 64.8 cm³/mol. The fourth-order valence-corrected chi connectivity index (χ4v) is 1.55. The van der Waals surface area contributed by atoms with Crippen LogP contribution in [0.3, 0.4) is 0 Å². The van der Waals surface area contributed by atoms with Gasteiger partial charge in [0.1, 0.15) is 0 Å². The third kappa shape index (κ3) is 3.57. The standard InChI is InChI=1S/C11H12F2NO3P/c1-14-10(15)7-4-8-2-5-9(6-3-8)11(12,13)18(16)17/h2-7,16-17H,1H3,(H,14,15)/b7-4+. The molecule has 7 heteroatoms. The Morgan fingerprint density at radius 2 is 1.89 bits per heavy atom. The molecule has 0 saturated carbocycles. The molecular formula is C11H12F2NO3P. The fourth-order valence-electron chi connectivity index (χ4n) is 1.17. The van der Waals surface area contributed by atoms with E-state index in [1.807, 2.05) is 0 Å². The quantitative estimate of drug-likeness (QED) is 0.579. The number of benzene rings is 1. The van der Waals surface area contributed by atoms with Gasteiger partial charge in [0.15, 0.2) is 0 Å². The van der Waals surface area contributed by atoms with Crippen LogP contribution in [0.25, 0.3) is 6.08 Å². The fraction of sp³-hybridized carbons (Fsp3) is 0.182. The number of nitrogens with one attached hydrogen (secondary N) is 1. The van der Waals surface area contributed by atoms with Crippen LogP contribution < -0.4 is 5.32 Å². The third-order valence-electron chi connectivity index (χ3n) is 2.18. The third-order valence-corrected chi connectivity index (χ3v) is 2.94. The molecular weight excluding hydrogens is 263 g/mol. The lowest BCUT2D eigenvalue weighted by Crippen LogP contribution is -2.13. The molecule has 1 aromatic carbocycles. The lowest BCUT2D eigenvalue weighted by atomic mass is 10.1. The van der Waals surface area contributed by atoms with Crippen molar-refractivity contribution in [1.29, 1.82) is 0 Å². The van der Waals surface area contributed by atoms with Crippen LogP contribution in [0.5, 0.6) is 0 Å². The molecule has 1 rings (SSSR count). The molecule has 0 radical (unpaired) electrons. The van der Waals surface area contributed by atoms with Crippen molar-refractivity contribution in [2.45, 2.75) is 5.66 Å². The number of carbonyl (C=O) groups is 1. The summed E-state index contributed by atoms with van der Waals surface area (Å²) < 4.78 is 26.5. The van der Waals surface area contributed by atoms with Gasteiger partial charge >= 0.3 is 5.66 Å². The number of amides is 1. The summed E-state index contributed by atoms with van der Waals surface area (Å²) in [4.78, 5) is 28.1. The zero-order valence-corrected chi connectivity index (χ0v) is 10.4. The van der Waals surface area contributed by atoms with E-state index in [0.29, 0.717) is 5.56 Å². The highest BCUT2D eigenvalue weighted by Gasteiger charge is 2.40. The van der Waals surface area contributed by atoms with Gasteiger partial charge in [-0.05, 0) is 11.6 Å². The summed E-state index contributed by atoms with van der Waals surface area (Å²) in [6, 6.07) is 4.90. The molecule has 0 fully saturated rings. The molecule has 3 N–H and O–H groups in total. The van der Waals surface area contributed by atoms with Crippen molar-refractivity contribution >= 4 is 20.4 Å². The topological polar surface area (TPSA) is 69.6 Å². The molecule has 0 heterocycles. The van der Waals surface area contributed by atoms with E-state index in [4.69, 9.17) is 9.79 Å². The van der Waals surface area contributed by atoms with Crippen molar-refractivity contribution in [2.75, 3.05) is 7.05 Å². The van der Waals surface area contributed by atoms with Crippen LogP contribution >= 0.6 is 8.38 Å². The Labute approximate surface area is 104 Å². The van der Waals surface area contributed by atoms with Crippen LogP contribution in [0.15, 0.2) is 30.3 Å². The molecule has 0 atom stereocenters. The number of rotatable bonds is 4. The Morgan fingerprint density at radius 1 is 1.33 bits per heavy atom. The van der Waals surface area contributed by atoms with E-state index in [2.05, 4.69) is 5.32 Å². The molecule has 0 bridgehead atoms. The summed E-state index contributed by atoms with van der Waals surface area (Å²) >= 11 is 0. The van der Waals surface area contributed by atoms with Crippen LogP contribution in [0.1, 0.15) is 11.1 Å². The summed E-state index contributed by atoms with van der Waals surface area (Å²) in [6.07, 6.45) is 2.72. The Hall–Kier alpha value is -1.36. The van der Waals surface area contributed by atoms with Gasteiger partial charge < -0.3 is 15.1 Å². The van der Waals surface area contributed by atoms with Crippen LogP contribution in [0, 0.1) is 0 Å². The van der Waals surface area contributed by atoms with E-state index >= 15 is 0 Å². The van der Waals surface area contributed by atoms with Crippen molar-refractivity contribution in [3.63, 3.8) is 0 Å². The molecule has 18 heavy (non-hydrogen) atoms. The Bertz CT molecular complexity index is 446. The van der Waals surface area contributed by atoms with Crippen LogP contribution in [-0.2, 0) is 10.5 Å². The predicted octanol–water partition coefficient (Wildman–Crippen LogP) is 1.79. The van der Waals surface area contributed by atoms with Gasteiger partial charge in [-0.1, -0.05) is 24.3 Å². The van der Waals surface area contributed by atoms with Crippen molar-refractivity contribution in [1.82, 2.24) is 5.32 Å². The van der Waals surface area contributed by atoms with E-state index in [1.54, 1.807) is 0 Å². The SMILES string of the molecule is CNC(=O)/C=C/c1ccc(C(F)(F)P(O)O)cc1. The van der Waals surface area contributed by atoms with Gasteiger partial charge in [-0.2, -0.15) is 8.78 Å². The molecule has 1 aromatic rings. The van der Waals surface area contributed by atoms with Gasteiger partial charge in [-0.25, -0.2) is 0 Å². The molecule has 1 amide bonds. The molecule has 4 nitrogen and oxygen atoms in total. The molecule has 0 aliphatic carbocycles. The van der Waals surface area contributed by atoms with Crippen LogP contribution in [-0.4, -0.2) is 22.7 Å². The van der Waals surface area contributed by atoms with E-state index in [-0.39, 0.29) is 5.91 Å². The Morgan fingerprint density at radius 3 is 2.33 bits per heavy atom. The zero-order valence-electron chi connectivity index (χ0n) is 9.47. The molecule has 98 valence electrons. The second-order valence-corrected chi connectivity index (χ2v) is 4.54. The maximum Gasteiger partial charge on any atom is 0.339 e. The summed E-state index contributed by atoms with van der Waals surface area (Å²) in [5.74, 6) is -0.307. The van der Waals surface area contributed by atoms with E-state index in [1.165, 1.54) is 31.3 Å². The first-order valence-corrected chi connectivity index (χ1v) is 6.18. The van der Waals surface area contributed by atoms with E-state index in [9.17, 15) is 13.6 Å². The maximum atomic E-state index is 13.2. The molecule has 0 aliphatic heterocycles. The number of likely N-dealkylation sites (N-methyl/N-ethyl adjacent to an activating group) is 1. The molecule has 0 unspecified atom stereocenters. The van der Waals surface area contributed by atoms with Gasteiger partial charge in [-0.3, -0.25) is 4.79 Å². The summed E-state index contributed by atoms with van der Waals surface area (Å²) in [5.41, 5.74) is -3.58. The maximum absolute atomic E-state index is 13.2. The van der Waals surface area contributed by atoms with E-state index < -0.39 is 19.6 Å². The summed E-state index contributed by atoms with van der Waals surface area (Å²) in [6.45, 7) is 0. The van der Waals surface area contributed by atoms with E-state index in [0.717, 1.165) is 12.1 Å².